The summed E-state index contributed by atoms with van der Waals surface area (Å²) in [5.74, 6) is -1.51. The zero-order valence-electron chi connectivity index (χ0n) is 13.0. The summed E-state index contributed by atoms with van der Waals surface area (Å²) in [4.78, 5) is 23.3. The van der Waals surface area contributed by atoms with E-state index in [2.05, 4.69) is 10.4 Å². The summed E-state index contributed by atoms with van der Waals surface area (Å²) >= 11 is 0. The number of methoxy groups -OCH3 is 1. The molecule has 1 aromatic carbocycles. The molecule has 7 nitrogen and oxygen atoms in total. The van der Waals surface area contributed by atoms with Crippen molar-refractivity contribution in [3.8, 4) is 5.69 Å². The summed E-state index contributed by atoms with van der Waals surface area (Å²) in [5, 5.41) is 15.8. The number of carboxylic acids is 1. The zero-order chi connectivity index (χ0) is 16.9. The lowest BCUT2D eigenvalue weighted by molar-refractivity contribution is -0.149. The highest BCUT2D eigenvalue weighted by Gasteiger charge is 2.34. The van der Waals surface area contributed by atoms with Gasteiger partial charge in [-0.25, -0.2) is 9.48 Å². The van der Waals surface area contributed by atoms with Gasteiger partial charge in [-0.15, -0.1) is 0 Å². The number of rotatable bonds is 7. The van der Waals surface area contributed by atoms with E-state index in [9.17, 15) is 14.7 Å². The minimum Gasteiger partial charge on any atom is -0.479 e. The molecule has 0 saturated carbocycles. The second kappa shape index (κ2) is 7.06. The van der Waals surface area contributed by atoms with Gasteiger partial charge in [0.1, 0.15) is 0 Å². The topological polar surface area (TPSA) is 93.5 Å². The Morgan fingerprint density at radius 3 is 2.57 bits per heavy atom. The first-order valence-electron chi connectivity index (χ1n) is 7.07. The fourth-order valence-corrected chi connectivity index (χ4v) is 2.17. The fourth-order valence-electron chi connectivity index (χ4n) is 2.17. The molecule has 0 bridgehead atoms. The summed E-state index contributed by atoms with van der Waals surface area (Å²) in [5.41, 5.74) is 0.221. The third-order valence-electron chi connectivity index (χ3n) is 3.39. The summed E-state index contributed by atoms with van der Waals surface area (Å²) in [6, 6.07) is 9.14. The van der Waals surface area contributed by atoms with E-state index in [4.69, 9.17) is 4.74 Å². The summed E-state index contributed by atoms with van der Waals surface area (Å²) in [6.07, 6.45) is 3.60. The molecule has 122 valence electrons. The van der Waals surface area contributed by atoms with Gasteiger partial charge in [0, 0.05) is 19.5 Å². The summed E-state index contributed by atoms with van der Waals surface area (Å²) in [7, 11) is 1.39. The number of carbonyl (C=O) groups excluding carboxylic acids is 1. The van der Waals surface area contributed by atoms with Crippen molar-refractivity contribution >= 4 is 11.9 Å². The molecule has 1 aromatic heterocycles. The van der Waals surface area contributed by atoms with Gasteiger partial charge in [-0.2, -0.15) is 5.10 Å². The average molecular weight is 317 g/mol. The monoisotopic (exact) mass is 317 g/mol. The molecule has 1 unspecified atom stereocenters. The molecule has 2 aromatic rings. The first-order chi connectivity index (χ1) is 10.9. The summed E-state index contributed by atoms with van der Waals surface area (Å²) < 4.78 is 6.58. The van der Waals surface area contributed by atoms with Crippen LogP contribution in [0.15, 0.2) is 42.7 Å². The Morgan fingerprint density at radius 1 is 1.35 bits per heavy atom. The first-order valence-corrected chi connectivity index (χ1v) is 7.07. The SMILES string of the molecule is COCC(C)(NC(=O)Cc1ccc(-n2cccn2)cc1)C(=O)O. The molecule has 0 saturated heterocycles. The quantitative estimate of drug-likeness (QED) is 0.795. The van der Waals surface area contributed by atoms with Crippen LogP contribution in [0.1, 0.15) is 12.5 Å². The molecule has 2 N–H and O–H groups in total. The number of hydrogen-bond donors (Lipinski definition) is 2. The third kappa shape index (κ3) is 4.17. The molecule has 0 aliphatic rings. The number of aromatic nitrogens is 2. The van der Waals surface area contributed by atoms with Gasteiger partial charge in [-0.3, -0.25) is 4.79 Å². The highest BCUT2D eigenvalue weighted by molar-refractivity contribution is 5.87. The Labute approximate surface area is 133 Å². The highest BCUT2D eigenvalue weighted by atomic mass is 16.5. The van der Waals surface area contributed by atoms with E-state index >= 15 is 0 Å². The van der Waals surface area contributed by atoms with Gasteiger partial charge in [0.05, 0.1) is 18.7 Å². The lowest BCUT2D eigenvalue weighted by Gasteiger charge is -2.25. The van der Waals surface area contributed by atoms with Gasteiger partial charge < -0.3 is 15.2 Å². The number of nitrogens with one attached hydrogen (secondary N) is 1. The van der Waals surface area contributed by atoms with E-state index in [0.717, 1.165) is 11.3 Å². The van der Waals surface area contributed by atoms with Crippen LogP contribution in [0.3, 0.4) is 0 Å². The molecule has 23 heavy (non-hydrogen) atoms. The second-order valence-electron chi connectivity index (χ2n) is 5.41. The molecule has 2 rings (SSSR count). The maximum atomic E-state index is 12.1. The van der Waals surface area contributed by atoms with E-state index in [0.29, 0.717) is 0 Å². The van der Waals surface area contributed by atoms with Crippen molar-refractivity contribution in [3.63, 3.8) is 0 Å². The number of carbonyl (C=O) groups is 2. The van der Waals surface area contributed by atoms with Crippen LogP contribution >= 0.6 is 0 Å². The van der Waals surface area contributed by atoms with Crippen molar-refractivity contribution in [1.29, 1.82) is 0 Å². The molecule has 1 atom stereocenters. The minimum absolute atomic E-state index is 0.0893. The van der Waals surface area contributed by atoms with Gasteiger partial charge in [-0.1, -0.05) is 12.1 Å². The number of nitrogens with zero attached hydrogens (tertiary/aromatic N) is 2. The van der Waals surface area contributed by atoms with Gasteiger partial charge in [0.2, 0.25) is 5.91 Å². The Morgan fingerprint density at radius 2 is 2.04 bits per heavy atom. The van der Waals surface area contributed by atoms with Crippen molar-refractivity contribution in [2.24, 2.45) is 0 Å². The highest BCUT2D eigenvalue weighted by Crippen LogP contribution is 2.10. The van der Waals surface area contributed by atoms with Crippen molar-refractivity contribution in [2.75, 3.05) is 13.7 Å². The predicted molar refractivity (Wildman–Crippen MR) is 83.3 cm³/mol. The summed E-state index contributed by atoms with van der Waals surface area (Å²) in [6.45, 7) is 1.31. The molecule has 0 fully saturated rings. The molecule has 0 aliphatic heterocycles. The van der Waals surface area contributed by atoms with E-state index < -0.39 is 11.5 Å². The van der Waals surface area contributed by atoms with Crippen LogP contribution in [-0.4, -0.2) is 46.0 Å². The molecule has 7 heteroatoms. The van der Waals surface area contributed by atoms with Crippen LogP contribution in [-0.2, 0) is 20.7 Å². The minimum atomic E-state index is -1.44. The number of amides is 1. The second-order valence-corrected chi connectivity index (χ2v) is 5.41. The molecular weight excluding hydrogens is 298 g/mol. The Kier molecular flexibility index (Phi) is 5.13. The van der Waals surface area contributed by atoms with E-state index in [1.807, 2.05) is 36.5 Å². The van der Waals surface area contributed by atoms with E-state index in [1.54, 1.807) is 10.9 Å². The number of hydrogen-bond acceptors (Lipinski definition) is 4. The zero-order valence-corrected chi connectivity index (χ0v) is 13.0. The standard InChI is InChI=1S/C16H19N3O4/c1-16(11-23-2,15(21)22)18-14(20)10-12-4-6-13(7-5-12)19-9-3-8-17-19/h3-9H,10-11H2,1-2H3,(H,18,20)(H,21,22). The average Bonchev–Trinajstić information content (AvgIpc) is 3.02. The number of benzene rings is 1. The van der Waals surface area contributed by atoms with Crippen LogP contribution < -0.4 is 5.32 Å². The van der Waals surface area contributed by atoms with Crippen molar-refractivity contribution in [3.05, 3.63) is 48.3 Å². The molecule has 1 heterocycles. The fraction of sp³-hybridized carbons (Fsp3) is 0.312. The molecule has 1 amide bonds. The molecule has 0 spiro atoms. The molecular formula is C16H19N3O4. The van der Waals surface area contributed by atoms with Crippen LogP contribution in [0.5, 0.6) is 0 Å². The van der Waals surface area contributed by atoms with E-state index in [-0.39, 0.29) is 18.9 Å². The van der Waals surface area contributed by atoms with Crippen LogP contribution in [0.25, 0.3) is 5.69 Å². The normalized spacial score (nSPS) is 13.3. The lowest BCUT2D eigenvalue weighted by atomic mass is 10.0. The smallest absolute Gasteiger partial charge is 0.331 e. The Bertz CT molecular complexity index is 667. The maximum Gasteiger partial charge on any atom is 0.331 e. The molecule has 0 aliphatic carbocycles. The number of carboxylic acid groups (broad SMARTS) is 1. The Hall–Kier alpha value is -2.67. The largest absolute Gasteiger partial charge is 0.479 e. The lowest BCUT2D eigenvalue weighted by Crippen LogP contribution is -2.55. The van der Waals surface area contributed by atoms with Crippen LogP contribution in [0, 0.1) is 0 Å². The van der Waals surface area contributed by atoms with Crippen LogP contribution in [0.4, 0.5) is 0 Å². The van der Waals surface area contributed by atoms with E-state index in [1.165, 1.54) is 14.0 Å². The third-order valence-corrected chi connectivity index (χ3v) is 3.39. The van der Waals surface area contributed by atoms with Crippen molar-refractivity contribution in [1.82, 2.24) is 15.1 Å². The van der Waals surface area contributed by atoms with Gasteiger partial charge >= 0.3 is 5.97 Å². The number of ether oxygens (including phenoxy) is 1. The maximum absolute atomic E-state index is 12.1. The molecule has 0 radical (unpaired) electrons. The van der Waals surface area contributed by atoms with Crippen molar-refractivity contribution in [2.45, 2.75) is 18.9 Å². The Balaban J connectivity index is 2.01. The van der Waals surface area contributed by atoms with Crippen molar-refractivity contribution < 1.29 is 19.4 Å². The van der Waals surface area contributed by atoms with Gasteiger partial charge in [0.25, 0.3) is 0 Å². The predicted octanol–water partition coefficient (Wildman–Crippen LogP) is 1.02. The van der Waals surface area contributed by atoms with Gasteiger partial charge in [0.15, 0.2) is 5.54 Å². The van der Waals surface area contributed by atoms with Gasteiger partial charge in [-0.05, 0) is 30.7 Å². The number of aliphatic carboxylic acids is 1. The first kappa shape index (κ1) is 16.7. The van der Waals surface area contributed by atoms with Crippen LogP contribution in [0.2, 0.25) is 0 Å².